The second-order valence-corrected chi connectivity index (χ2v) is 3.27. The fraction of sp³-hybridized carbons (Fsp3) is 0.364. The predicted octanol–water partition coefficient (Wildman–Crippen LogP) is 1.89. The van der Waals surface area contributed by atoms with Gasteiger partial charge in [0.15, 0.2) is 0 Å². The van der Waals surface area contributed by atoms with Crippen molar-refractivity contribution >= 4 is 11.7 Å². The van der Waals surface area contributed by atoms with Gasteiger partial charge in [-0.1, -0.05) is 6.07 Å². The number of hydrogen-bond donors (Lipinski definition) is 2. The maximum absolute atomic E-state index is 10.3. The zero-order chi connectivity index (χ0) is 11.3. The van der Waals surface area contributed by atoms with Gasteiger partial charge < -0.3 is 15.2 Å². The van der Waals surface area contributed by atoms with Crippen LogP contribution in [0.2, 0.25) is 0 Å². The van der Waals surface area contributed by atoms with Crippen molar-refractivity contribution in [3.63, 3.8) is 0 Å². The molecule has 0 radical (unpaired) electrons. The number of rotatable bonds is 5. The molecule has 0 spiro atoms. The minimum atomic E-state index is -0.811. The minimum absolute atomic E-state index is 0.0943. The minimum Gasteiger partial charge on any atom is -0.495 e. The molecule has 1 aromatic carbocycles. The van der Waals surface area contributed by atoms with Crippen molar-refractivity contribution in [3.8, 4) is 5.75 Å². The molecule has 0 saturated carbocycles. The highest BCUT2D eigenvalue weighted by molar-refractivity contribution is 5.68. The molecule has 0 bridgehead atoms. The number of methoxy groups -OCH3 is 1. The monoisotopic (exact) mass is 209 g/mol. The number of carbonyl (C=O) groups is 1. The van der Waals surface area contributed by atoms with E-state index in [0.29, 0.717) is 6.54 Å². The van der Waals surface area contributed by atoms with E-state index >= 15 is 0 Å². The van der Waals surface area contributed by atoms with Gasteiger partial charge in [-0.25, -0.2) is 0 Å². The van der Waals surface area contributed by atoms with E-state index in [0.717, 1.165) is 17.0 Å². The first-order valence-electron chi connectivity index (χ1n) is 4.74. The second kappa shape index (κ2) is 5.24. The van der Waals surface area contributed by atoms with E-state index in [1.807, 2.05) is 25.1 Å². The van der Waals surface area contributed by atoms with Crippen LogP contribution in [-0.4, -0.2) is 24.7 Å². The van der Waals surface area contributed by atoms with Gasteiger partial charge in [0.25, 0.3) is 0 Å². The summed E-state index contributed by atoms with van der Waals surface area (Å²) in [7, 11) is 1.59. The third-order valence-corrected chi connectivity index (χ3v) is 2.01. The summed E-state index contributed by atoms with van der Waals surface area (Å²) < 4.78 is 5.15. The molecule has 0 aliphatic heterocycles. The highest BCUT2D eigenvalue weighted by atomic mass is 16.5. The summed E-state index contributed by atoms with van der Waals surface area (Å²) in [6.07, 6.45) is 0.0943. The summed E-state index contributed by atoms with van der Waals surface area (Å²) in [4.78, 5) is 10.3. The van der Waals surface area contributed by atoms with Gasteiger partial charge in [-0.2, -0.15) is 0 Å². The zero-order valence-corrected chi connectivity index (χ0v) is 8.91. The van der Waals surface area contributed by atoms with Crippen molar-refractivity contribution in [3.05, 3.63) is 23.8 Å². The Morgan fingerprint density at radius 3 is 2.87 bits per heavy atom. The number of nitrogens with one attached hydrogen (secondary N) is 1. The quantitative estimate of drug-likeness (QED) is 0.777. The first-order chi connectivity index (χ1) is 7.13. The summed E-state index contributed by atoms with van der Waals surface area (Å²) >= 11 is 0. The molecule has 2 N–H and O–H groups in total. The average molecular weight is 209 g/mol. The number of ether oxygens (including phenoxy) is 1. The summed E-state index contributed by atoms with van der Waals surface area (Å²) in [6, 6.07) is 5.74. The number of carboxylic acids is 1. The molecule has 0 aromatic heterocycles. The molecule has 0 amide bonds. The third kappa shape index (κ3) is 3.50. The van der Waals surface area contributed by atoms with Gasteiger partial charge in [-0.3, -0.25) is 4.79 Å². The molecule has 4 heteroatoms. The number of anilines is 1. The van der Waals surface area contributed by atoms with Crippen molar-refractivity contribution in [1.82, 2.24) is 0 Å². The number of benzene rings is 1. The molecule has 0 atom stereocenters. The van der Waals surface area contributed by atoms with Crippen molar-refractivity contribution in [2.45, 2.75) is 13.3 Å². The molecule has 0 unspecified atom stereocenters. The van der Waals surface area contributed by atoms with E-state index in [1.165, 1.54) is 0 Å². The van der Waals surface area contributed by atoms with E-state index in [9.17, 15) is 4.79 Å². The van der Waals surface area contributed by atoms with Crippen LogP contribution in [0.25, 0.3) is 0 Å². The second-order valence-electron chi connectivity index (χ2n) is 3.27. The normalized spacial score (nSPS) is 9.73. The standard InChI is InChI=1S/C11H15NO3/c1-8-3-4-10(15-2)9(7-8)12-6-5-11(13)14/h3-4,7,12H,5-6H2,1-2H3,(H,13,14). The largest absolute Gasteiger partial charge is 0.495 e. The van der Waals surface area contributed by atoms with E-state index in [4.69, 9.17) is 9.84 Å². The summed E-state index contributed by atoms with van der Waals surface area (Å²) in [6.45, 7) is 2.37. The van der Waals surface area contributed by atoms with E-state index < -0.39 is 5.97 Å². The molecular weight excluding hydrogens is 194 g/mol. The smallest absolute Gasteiger partial charge is 0.305 e. The van der Waals surface area contributed by atoms with Crippen molar-refractivity contribution in [2.75, 3.05) is 19.0 Å². The lowest BCUT2D eigenvalue weighted by Gasteiger charge is -2.10. The number of aryl methyl sites for hydroxylation is 1. The third-order valence-electron chi connectivity index (χ3n) is 2.01. The summed E-state index contributed by atoms with van der Waals surface area (Å²) in [5, 5.41) is 11.5. The Hall–Kier alpha value is -1.71. The van der Waals surface area contributed by atoms with Crippen LogP contribution in [0.15, 0.2) is 18.2 Å². The lowest BCUT2D eigenvalue weighted by atomic mass is 10.2. The molecule has 0 fully saturated rings. The SMILES string of the molecule is COc1ccc(C)cc1NCCC(=O)O. The van der Waals surface area contributed by atoms with Crippen molar-refractivity contribution in [2.24, 2.45) is 0 Å². The highest BCUT2D eigenvalue weighted by Crippen LogP contribution is 2.24. The van der Waals surface area contributed by atoms with Crippen LogP contribution in [0, 0.1) is 6.92 Å². The molecule has 0 aliphatic carbocycles. The zero-order valence-electron chi connectivity index (χ0n) is 8.91. The van der Waals surface area contributed by atoms with Crippen LogP contribution in [0.1, 0.15) is 12.0 Å². The summed E-state index contributed by atoms with van der Waals surface area (Å²) in [5.74, 6) is -0.0832. The Labute approximate surface area is 88.9 Å². The fourth-order valence-electron chi connectivity index (χ4n) is 1.26. The van der Waals surface area contributed by atoms with Crippen molar-refractivity contribution < 1.29 is 14.6 Å². The molecule has 1 rings (SSSR count). The van der Waals surface area contributed by atoms with Gasteiger partial charge in [0.2, 0.25) is 0 Å². The van der Waals surface area contributed by atoms with E-state index in [-0.39, 0.29) is 6.42 Å². The number of aliphatic carboxylic acids is 1. The van der Waals surface area contributed by atoms with Gasteiger partial charge >= 0.3 is 5.97 Å². The van der Waals surface area contributed by atoms with Gasteiger partial charge in [0.1, 0.15) is 5.75 Å². The molecule has 82 valence electrons. The molecular formula is C11H15NO3. The van der Waals surface area contributed by atoms with E-state index in [2.05, 4.69) is 5.32 Å². The van der Waals surface area contributed by atoms with E-state index in [1.54, 1.807) is 7.11 Å². The van der Waals surface area contributed by atoms with Gasteiger partial charge in [-0.15, -0.1) is 0 Å². The van der Waals surface area contributed by atoms with Gasteiger partial charge in [-0.05, 0) is 24.6 Å². The maximum Gasteiger partial charge on any atom is 0.305 e. The Balaban J connectivity index is 2.65. The molecule has 0 heterocycles. The van der Waals surface area contributed by atoms with Crippen LogP contribution in [-0.2, 0) is 4.79 Å². The highest BCUT2D eigenvalue weighted by Gasteiger charge is 2.03. The summed E-state index contributed by atoms with van der Waals surface area (Å²) in [5.41, 5.74) is 1.94. The van der Waals surface area contributed by atoms with Crippen LogP contribution in [0.3, 0.4) is 0 Å². The molecule has 0 saturated heterocycles. The Bertz CT molecular complexity index is 350. The number of hydrogen-bond acceptors (Lipinski definition) is 3. The van der Waals surface area contributed by atoms with Crippen LogP contribution >= 0.6 is 0 Å². The van der Waals surface area contributed by atoms with Crippen LogP contribution in [0.4, 0.5) is 5.69 Å². The van der Waals surface area contributed by atoms with Crippen LogP contribution in [0.5, 0.6) is 5.75 Å². The molecule has 4 nitrogen and oxygen atoms in total. The lowest BCUT2D eigenvalue weighted by Crippen LogP contribution is -2.08. The van der Waals surface area contributed by atoms with Gasteiger partial charge in [0, 0.05) is 6.54 Å². The molecule has 15 heavy (non-hydrogen) atoms. The van der Waals surface area contributed by atoms with Crippen molar-refractivity contribution in [1.29, 1.82) is 0 Å². The Kier molecular flexibility index (Phi) is 3.97. The maximum atomic E-state index is 10.3. The average Bonchev–Trinajstić information content (AvgIpc) is 2.17. The lowest BCUT2D eigenvalue weighted by molar-refractivity contribution is -0.136. The topological polar surface area (TPSA) is 58.6 Å². The molecule has 1 aromatic rings. The first kappa shape index (κ1) is 11.4. The Morgan fingerprint density at radius 1 is 1.53 bits per heavy atom. The number of carboxylic acid groups (broad SMARTS) is 1. The first-order valence-corrected chi connectivity index (χ1v) is 4.74. The molecule has 0 aliphatic rings. The Morgan fingerprint density at radius 2 is 2.27 bits per heavy atom. The predicted molar refractivity (Wildman–Crippen MR) is 58.5 cm³/mol. The van der Waals surface area contributed by atoms with Crippen LogP contribution < -0.4 is 10.1 Å². The fourth-order valence-corrected chi connectivity index (χ4v) is 1.26. The van der Waals surface area contributed by atoms with Gasteiger partial charge in [0.05, 0.1) is 19.2 Å².